The van der Waals surface area contributed by atoms with E-state index in [4.69, 9.17) is 4.84 Å². The molecule has 0 bridgehead atoms. The molecule has 0 aliphatic carbocycles. The maximum absolute atomic E-state index is 12.4. The molecule has 9 nitrogen and oxygen atoms in total. The average Bonchev–Trinajstić information content (AvgIpc) is 3.40. The normalized spacial score (nSPS) is 10.9. The van der Waals surface area contributed by atoms with Crippen LogP contribution in [0.5, 0.6) is 0 Å². The van der Waals surface area contributed by atoms with Crippen LogP contribution in [0.4, 0.5) is 5.69 Å². The van der Waals surface area contributed by atoms with Crippen LogP contribution in [-0.2, 0) is 17.9 Å². The van der Waals surface area contributed by atoms with Crippen molar-refractivity contribution < 1.29 is 9.63 Å². The lowest BCUT2D eigenvalue weighted by atomic mass is 10.2. The van der Waals surface area contributed by atoms with Gasteiger partial charge in [-0.05, 0) is 23.8 Å². The molecule has 2 heterocycles. The zero-order valence-corrected chi connectivity index (χ0v) is 15.3. The molecule has 2 aromatic heterocycles. The summed E-state index contributed by atoms with van der Waals surface area (Å²) in [4.78, 5) is 21.4. The first kappa shape index (κ1) is 17.7. The molecule has 28 heavy (non-hydrogen) atoms. The predicted octanol–water partition coefficient (Wildman–Crippen LogP) is 2.12. The van der Waals surface area contributed by atoms with Crippen LogP contribution in [0.25, 0.3) is 10.9 Å². The molecule has 4 rings (SSSR count). The number of aromatic amines is 1. The number of benzene rings is 2. The smallest absolute Gasteiger partial charge is 0.227 e. The quantitative estimate of drug-likeness (QED) is 0.529. The standard InChI is InChI=1S/C19H19N7O2/c1-2-19(27)25(12-18-21-23-24-22-18)16-8-9-17-15(10-16)11-20-26(17)28-13-14-6-4-3-5-7-14/h3-11H,2,12-13H2,1H3,(H,21,22,23,24). The summed E-state index contributed by atoms with van der Waals surface area (Å²) < 4.78 is 0. The fourth-order valence-electron chi connectivity index (χ4n) is 2.88. The van der Waals surface area contributed by atoms with Gasteiger partial charge in [-0.3, -0.25) is 4.79 Å². The van der Waals surface area contributed by atoms with Gasteiger partial charge in [0.15, 0.2) is 5.82 Å². The summed E-state index contributed by atoms with van der Waals surface area (Å²) in [6, 6.07) is 15.5. The van der Waals surface area contributed by atoms with Crippen LogP contribution in [0.3, 0.4) is 0 Å². The fraction of sp³-hybridized carbons (Fsp3) is 0.211. The number of tetrazole rings is 1. The Bertz CT molecular complexity index is 1060. The molecule has 2 aromatic carbocycles. The summed E-state index contributed by atoms with van der Waals surface area (Å²) in [7, 11) is 0. The molecule has 0 unspecified atom stereocenters. The van der Waals surface area contributed by atoms with Crippen molar-refractivity contribution in [2.45, 2.75) is 26.5 Å². The number of H-pyrrole nitrogens is 1. The third-order valence-electron chi connectivity index (χ3n) is 4.32. The van der Waals surface area contributed by atoms with Gasteiger partial charge in [-0.15, -0.1) is 15.3 Å². The Morgan fingerprint density at radius 2 is 2.07 bits per heavy atom. The van der Waals surface area contributed by atoms with Gasteiger partial charge in [0.2, 0.25) is 5.91 Å². The van der Waals surface area contributed by atoms with Gasteiger partial charge in [0.25, 0.3) is 0 Å². The number of anilines is 1. The molecule has 1 N–H and O–H groups in total. The van der Waals surface area contributed by atoms with Crippen molar-refractivity contribution in [3.63, 3.8) is 0 Å². The van der Waals surface area contributed by atoms with Crippen LogP contribution in [-0.4, -0.2) is 36.5 Å². The minimum absolute atomic E-state index is 0.0307. The zero-order chi connectivity index (χ0) is 19.3. The summed E-state index contributed by atoms with van der Waals surface area (Å²) in [5, 5.41) is 19.0. The van der Waals surface area contributed by atoms with Crippen LogP contribution in [0.2, 0.25) is 0 Å². The lowest BCUT2D eigenvalue weighted by Crippen LogP contribution is -2.30. The first-order valence-electron chi connectivity index (χ1n) is 8.92. The van der Waals surface area contributed by atoms with Gasteiger partial charge in [0.1, 0.15) is 12.1 Å². The summed E-state index contributed by atoms with van der Waals surface area (Å²) >= 11 is 0. The Labute approximate surface area is 160 Å². The van der Waals surface area contributed by atoms with Crippen LogP contribution in [0, 0.1) is 0 Å². The molecule has 142 valence electrons. The Hall–Kier alpha value is -3.75. The Kier molecular flexibility index (Phi) is 4.96. The van der Waals surface area contributed by atoms with E-state index in [0.717, 1.165) is 22.2 Å². The van der Waals surface area contributed by atoms with Crippen LogP contribution in [0.1, 0.15) is 24.7 Å². The van der Waals surface area contributed by atoms with E-state index in [1.54, 1.807) is 11.1 Å². The monoisotopic (exact) mass is 377 g/mol. The van der Waals surface area contributed by atoms with Crippen molar-refractivity contribution in [2.75, 3.05) is 4.90 Å². The maximum atomic E-state index is 12.4. The van der Waals surface area contributed by atoms with Gasteiger partial charge in [-0.1, -0.05) is 47.3 Å². The van der Waals surface area contributed by atoms with Crippen molar-refractivity contribution in [1.82, 2.24) is 30.6 Å². The number of rotatable bonds is 7. The largest absolute Gasteiger partial charge is 0.391 e. The highest BCUT2D eigenvalue weighted by Gasteiger charge is 2.18. The minimum Gasteiger partial charge on any atom is -0.391 e. The Morgan fingerprint density at radius 1 is 1.21 bits per heavy atom. The first-order valence-corrected chi connectivity index (χ1v) is 8.92. The molecule has 0 aliphatic heterocycles. The van der Waals surface area contributed by atoms with E-state index in [1.807, 2.05) is 55.5 Å². The minimum atomic E-state index is -0.0307. The third-order valence-corrected chi connectivity index (χ3v) is 4.32. The fourth-order valence-corrected chi connectivity index (χ4v) is 2.88. The number of aromatic nitrogens is 6. The van der Waals surface area contributed by atoms with E-state index in [0.29, 0.717) is 18.9 Å². The Balaban J connectivity index is 1.57. The average molecular weight is 377 g/mol. The molecule has 0 saturated carbocycles. The second-order valence-electron chi connectivity index (χ2n) is 6.18. The molecule has 0 atom stereocenters. The lowest BCUT2D eigenvalue weighted by molar-refractivity contribution is -0.118. The van der Waals surface area contributed by atoms with Crippen molar-refractivity contribution in [1.29, 1.82) is 0 Å². The van der Waals surface area contributed by atoms with Crippen LogP contribution < -0.4 is 9.74 Å². The van der Waals surface area contributed by atoms with Crippen LogP contribution >= 0.6 is 0 Å². The SMILES string of the molecule is CCC(=O)N(Cc1nn[nH]n1)c1ccc2c(cnn2OCc2ccccc2)c1. The van der Waals surface area contributed by atoms with E-state index in [9.17, 15) is 4.79 Å². The second-order valence-corrected chi connectivity index (χ2v) is 6.18. The topological polar surface area (TPSA) is 102 Å². The molecule has 0 spiro atoms. The molecule has 0 radical (unpaired) electrons. The van der Waals surface area contributed by atoms with Gasteiger partial charge in [-0.2, -0.15) is 5.21 Å². The Morgan fingerprint density at radius 3 is 2.82 bits per heavy atom. The van der Waals surface area contributed by atoms with Crippen molar-refractivity contribution in [2.24, 2.45) is 0 Å². The number of carbonyl (C=O) groups excluding carboxylic acids is 1. The first-order chi connectivity index (χ1) is 13.7. The molecule has 4 aromatic rings. The number of carbonyl (C=O) groups is 1. The highest BCUT2D eigenvalue weighted by atomic mass is 16.7. The molecular weight excluding hydrogens is 358 g/mol. The van der Waals surface area contributed by atoms with Gasteiger partial charge in [0, 0.05) is 17.5 Å². The number of hydrogen-bond acceptors (Lipinski definition) is 6. The highest BCUT2D eigenvalue weighted by Crippen LogP contribution is 2.23. The molecule has 0 fully saturated rings. The van der Waals surface area contributed by atoms with Crippen molar-refractivity contribution >= 4 is 22.5 Å². The number of nitrogens with zero attached hydrogens (tertiary/aromatic N) is 6. The number of fused-ring (bicyclic) bond motifs is 1. The summed E-state index contributed by atoms with van der Waals surface area (Å²) in [5.74, 6) is 0.417. The third kappa shape index (κ3) is 3.68. The van der Waals surface area contributed by atoms with Crippen LogP contribution in [0.15, 0.2) is 54.7 Å². The summed E-state index contributed by atoms with van der Waals surface area (Å²) in [6.07, 6.45) is 2.09. The summed E-state index contributed by atoms with van der Waals surface area (Å²) in [6.45, 7) is 2.48. The maximum Gasteiger partial charge on any atom is 0.227 e. The summed E-state index contributed by atoms with van der Waals surface area (Å²) in [5.41, 5.74) is 2.62. The van der Waals surface area contributed by atoms with E-state index in [2.05, 4.69) is 25.7 Å². The molecule has 0 aliphatic rings. The van der Waals surface area contributed by atoms with Crippen molar-refractivity contribution in [3.05, 3.63) is 66.1 Å². The zero-order valence-electron chi connectivity index (χ0n) is 15.3. The number of hydrogen-bond donors (Lipinski definition) is 1. The number of nitrogens with one attached hydrogen (secondary N) is 1. The van der Waals surface area contributed by atoms with Crippen molar-refractivity contribution in [3.8, 4) is 0 Å². The van der Waals surface area contributed by atoms with Gasteiger partial charge in [0.05, 0.1) is 12.7 Å². The van der Waals surface area contributed by atoms with E-state index in [-0.39, 0.29) is 12.5 Å². The molecular formula is C19H19N7O2. The lowest BCUT2D eigenvalue weighted by Gasteiger charge is -2.20. The second kappa shape index (κ2) is 7.87. The molecule has 1 amide bonds. The number of amides is 1. The van der Waals surface area contributed by atoms with E-state index >= 15 is 0 Å². The predicted molar refractivity (Wildman–Crippen MR) is 102 cm³/mol. The van der Waals surface area contributed by atoms with E-state index in [1.165, 1.54) is 4.85 Å². The molecule has 0 saturated heterocycles. The van der Waals surface area contributed by atoms with E-state index < -0.39 is 0 Å². The molecule has 9 heteroatoms. The highest BCUT2D eigenvalue weighted by molar-refractivity contribution is 5.95. The van der Waals surface area contributed by atoms with Gasteiger partial charge >= 0.3 is 0 Å². The van der Waals surface area contributed by atoms with Gasteiger partial charge in [-0.25, -0.2) is 0 Å². The van der Waals surface area contributed by atoms with Gasteiger partial charge < -0.3 is 9.74 Å².